The van der Waals surface area contributed by atoms with Gasteiger partial charge in [0, 0.05) is 52.9 Å². The molecule has 3 aliphatic rings. The van der Waals surface area contributed by atoms with Gasteiger partial charge in [0.05, 0.1) is 45.2 Å². The van der Waals surface area contributed by atoms with Crippen LogP contribution in [0, 0.1) is 0 Å². The number of nitrogens with zero attached hydrogens (tertiary/aromatic N) is 1. The van der Waals surface area contributed by atoms with Crippen molar-refractivity contribution in [1.82, 2.24) is 0 Å². The summed E-state index contributed by atoms with van der Waals surface area (Å²) in [6, 6.07) is 30.1. The molecule has 5 aromatic rings. The predicted octanol–water partition coefficient (Wildman–Crippen LogP) is 10.7. The first kappa shape index (κ1) is 40.7. The number of rotatable bonds is 13. The number of morpholine rings is 1. The van der Waals surface area contributed by atoms with E-state index in [1.807, 2.05) is 12.1 Å². The van der Waals surface area contributed by atoms with E-state index in [9.17, 15) is 0 Å². The number of hydrogen-bond donors (Lipinski definition) is 0. The van der Waals surface area contributed by atoms with Crippen LogP contribution in [-0.4, -0.2) is 71.5 Å². The SMILES string of the molecule is COc1cc2c3c(c4c(c2cc1OC)-c1ccccc1C4(C)C)C=CC(c1ccc(OCCOC(C)(C)CCOC(C)(C)C)cc1)(c1ccc(N2CCOCC2)cc1)O3. The summed E-state index contributed by atoms with van der Waals surface area (Å²) in [6.45, 7) is 19.8. The second-order valence-electron chi connectivity index (χ2n) is 17.9. The zero-order chi connectivity index (χ0) is 41.6. The summed E-state index contributed by atoms with van der Waals surface area (Å²) in [5.41, 5.74) is 7.52. The maximum atomic E-state index is 7.62. The van der Waals surface area contributed by atoms with Crippen molar-refractivity contribution in [3.63, 3.8) is 0 Å². The Morgan fingerprint density at radius 2 is 1.37 bits per heavy atom. The molecule has 310 valence electrons. The van der Waals surface area contributed by atoms with E-state index in [4.69, 9.17) is 33.2 Å². The molecular weight excluding hydrogens is 739 g/mol. The smallest absolute Gasteiger partial charge is 0.178 e. The molecule has 1 atom stereocenters. The van der Waals surface area contributed by atoms with Gasteiger partial charge >= 0.3 is 0 Å². The summed E-state index contributed by atoms with van der Waals surface area (Å²) in [5.74, 6) is 2.91. The van der Waals surface area contributed by atoms with E-state index in [1.165, 1.54) is 27.9 Å². The van der Waals surface area contributed by atoms with Crippen LogP contribution in [-0.2, 0) is 25.2 Å². The molecule has 1 unspecified atom stereocenters. The first-order valence-corrected chi connectivity index (χ1v) is 20.9. The Bertz CT molecular complexity index is 2330. The summed E-state index contributed by atoms with van der Waals surface area (Å²) in [4.78, 5) is 2.37. The highest BCUT2D eigenvalue weighted by Crippen LogP contribution is 2.59. The average molecular weight is 798 g/mol. The quantitative estimate of drug-likeness (QED) is 0.109. The molecule has 2 aliphatic heterocycles. The third kappa shape index (κ3) is 7.79. The minimum atomic E-state index is -0.957. The van der Waals surface area contributed by atoms with Gasteiger partial charge in [-0.3, -0.25) is 0 Å². The van der Waals surface area contributed by atoms with Crippen molar-refractivity contribution in [2.24, 2.45) is 0 Å². The van der Waals surface area contributed by atoms with Crippen LogP contribution < -0.4 is 23.8 Å². The van der Waals surface area contributed by atoms with Gasteiger partial charge in [0.15, 0.2) is 17.1 Å². The molecule has 0 amide bonds. The summed E-state index contributed by atoms with van der Waals surface area (Å²) < 4.78 is 43.5. The molecule has 0 spiro atoms. The zero-order valence-electron chi connectivity index (χ0n) is 36.2. The Hall–Kier alpha value is -5.02. The predicted molar refractivity (Wildman–Crippen MR) is 237 cm³/mol. The standard InChI is InChI=1S/C51H59NO7/c1-48(2,3)57-27-24-49(4,5)58-31-30-56-37-20-16-35(17-21-37)51(34-14-18-36(19-15-34)52-25-28-55-29-26-52)23-22-39-46-45(38-12-10-11-13-42(38)50(46,6)7)40-32-43(53-8)44(54-9)33-41(40)47(39)59-51/h10-23,32-33H,24-31H2,1-9H3. The minimum Gasteiger partial charge on any atom is -0.493 e. The number of methoxy groups -OCH3 is 2. The number of ether oxygens (including phenoxy) is 7. The highest BCUT2D eigenvalue weighted by Gasteiger charge is 2.44. The Morgan fingerprint density at radius 1 is 0.729 bits per heavy atom. The topological polar surface area (TPSA) is 67.9 Å². The lowest BCUT2D eigenvalue weighted by molar-refractivity contribution is -0.0716. The molecule has 0 N–H and O–H groups in total. The van der Waals surface area contributed by atoms with Gasteiger partial charge in [0.2, 0.25) is 0 Å². The van der Waals surface area contributed by atoms with Crippen molar-refractivity contribution in [3.05, 3.63) is 119 Å². The monoisotopic (exact) mass is 797 g/mol. The first-order chi connectivity index (χ1) is 28.2. The van der Waals surface area contributed by atoms with Gasteiger partial charge in [0.25, 0.3) is 0 Å². The molecule has 1 aliphatic carbocycles. The molecule has 1 fully saturated rings. The van der Waals surface area contributed by atoms with Gasteiger partial charge in [-0.1, -0.05) is 68.5 Å². The molecule has 5 aromatic carbocycles. The van der Waals surface area contributed by atoms with Gasteiger partial charge < -0.3 is 38.1 Å². The largest absolute Gasteiger partial charge is 0.493 e. The lowest BCUT2D eigenvalue weighted by atomic mass is 9.76. The molecule has 1 saturated heterocycles. The van der Waals surface area contributed by atoms with Crippen LogP contribution in [0.3, 0.4) is 0 Å². The van der Waals surface area contributed by atoms with Crippen molar-refractivity contribution in [3.8, 4) is 34.1 Å². The fraction of sp³-hybridized carbons (Fsp3) is 0.412. The van der Waals surface area contributed by atoms with Gasteiger partial charge in [0.1, 0.15) is 18.1 Å². The molecule has 8 heteroatoms. The summed E-state index contributed by atoms with van der Waals surface area (Å²) >= 11 is 0. The molecule has 8 rings (SSSR count). The van der Waals surface area contributed by atoms with Gasteiger partial charge in [-0.2, -0.15) is 0 Å². The van der Waals surface area contributed by atoms with Crippen molar-refractivity contribution in [2.75, 3.05) is 65.2 Å². The van der Waals surface area contributed by atoms with E-state index < -0.39 is 5.60 Å². The Labute approximate surface area is 350 Å². The minimum absolute atomic E-state index is 0.169. The second kappa shape index (κ2) is 15.9. The second-order valence-corrected chi connectivity index (χ2v) is 17.9. The molecule has 0 saturated carbocycles. The maximum absolute atomic E-state index is 7.62. The number of fused-ring (bicyclic) bond motifs is 8. The molecule has 2 heterocycles. The fourth-order valence-corrected chi connectivity index (χ4v) is 8.95. The highest BCUT2D eigenvalue weighted by atomic mass is 16.5. The normalized spacial score (nSPS) is 18.2. The fourth-order valence-electron chi connectivity index (χ4n) is 8.95. The van der Waals surface area contributed by atoms with Crippen LogP contribution >= 0.6 is 0 Å². The van der Waals surface area contributed by atoms with Crippen LogP contribution in [0.4, 0.5) is 5.69 Å². The molecule has 8 nitrogen and oxygen atoms in total. The summed E-state index contributed by atoms with van der Waals surface area (Å²) in [5, 5.41) is 2.03. The van der Waals surface area contributed by atoms with E-state index in [0.717, 1.165) is 71.7 Å². The number of hydrogen-bond acceptors (Lipinski definition) is 8. The van der Waals surface area contributed by atoms with Crippen molar-refractivity contribution in [1.29, 1.82) is 0 Å². The molecular formula is C51H59NO7. The van der Waals surface area contributed by atoms with Crippen molar-refractivity contribution >= 4 is 22.5 Å². The lowest BCUT2D eigenvalue weighted by Crippen LogP contribution is -2.37. The third-order valence-electron chi connectivity index (χ3n) is 12.1. The molecule has 0 radical (unpaired) electrons. The summed E-state index contributed by atoms with van der Waals surface area (Å²) in [6.07, 6.45) is 5.32. The van der Waals surface area contributed by atoms with Crippen LogP contribution in [0.15, 0.2) is 91.0 Å². The van der Waals surface area contributed by atoms with E-state index in [0.29, 0.717) is 31.3 Å². The van der Waals surface area contributed by atoms with Crippen molar-refractivity contribution in [2.45, 2.75) is 77.1 Å². The Morgan fingerprint density at radius 3 is 2.03 bits per heavy atom. The number of anilines is 1. The highest BCUT2D eigenvalue weighted by molar-refractivity contribution is 6.09. The van der Waals surface area contributed by atoms with Gasteiger partial charge in [-0.05, 0) is 111 Å². The van der Waals surface area contributed by atoms with E-state index in [-0.39, 0.29) is 16.6 Å². The maximum Gasteiger partial charge on any atom is 0.178 e. The van der Waals surface area contributed by atoms with Crippen LogP contribution in [0.5, 0.6) is 23.0 Å². The lowest BCUT2D eigenvalue weighted by Gasteiger charge is -2.39. The molecule has 59 heavy (non-hydrogen) atoms. The van der Waals surface area contributed by atoms with Crippen molar-refractivity contribution < 1.29 is 33.2 Å². The molecule has 0 aromatic heterocycles. The third-order valence-corrected chi connectivity index (χ3v) is 12.1. The average Bonchev–Trinajstić information content (AvgIpc) is 3.48. The van der Waals surface area contributed by atoms with Crippen LogP contribution in [0.1, 0.15) is 82.7 Å². The van der Waals surface area contributed by atoms with Gasteiger partial charge in [-0.15, -0.1) is 0 Å². The van der Waals surface area contributed by atoms with Gasteiger partial charge in [-0.25, -0.2) is 0 Å². The molecule has 0 bridgehead atoms. The van der Waals surface area contributed by atoms with Crippen LogP contribution in [0.2, 0.25) is 0 Å². The van der Waals surface area contributed by atoms with E-state index in [1.54, 1.807) is 14.2 Å². The Kier molecular flexibility index (Phi) is 11.0. The van der Waals surface area contributed by atoms with Crippen LogP contribution in [0.25, 0.3) is 28.0 Å². The van der Waals surface area contributed by atoms with E-state index >= 15 is 0 Å². The summed E-state index contributed by atoms with van der Waals surface area (Å²) in [7, 11) is 3.37. The first-order valence-electron chi connectivity index (χ1n) is 20.9. The number of benzene rings is 5. The van der Waals surface area contributed by atoms with E-state index in [2.05, 4.69) is 138 Å². The Balaban J connectivity index is 1.17. The zero-order valence-corrected chi connectivity index (χ0v) is 36.2.